The van der Waals surface area contributed by atoms with E-state index in [4.69, 9.17) is 5.73 Å². The lowest BCUT2D eigenvalue weighted by atomic mass is 9.92. The Balaban J connectivity index is 2.76. The molecule has 4 N–H and O–H groups in total. The number of hydrogen-bond acceptors (Lipinski definition) is 3. The Bertz CT molecular complexity index is 501. The van der Waals surface area contributed by atoms with Crippen molar-refractivity contribution in [3.8, 4) is 0 Å². The molecule has 1 aromatic rings. The second kappa shape index (κ2) is 6.06. The average Bonchev–Trinajstić information content (AvgIpc) is 2.38. The molecule has 0 heterocycles. The van der Waals surface area contributed by atoms with Gasteiger partial charge in [0.1, 0.15) is 0 Å². The molecule has 0 fully saturated rings. The van der Waals surface area contributed by atoms with Gasteiger partial charge in [-0.2, -0.15) is 0 Å². The summed E-state index contributed by atoms with van der Waals surface area (Å²) < 4.78 is 0.560. The first-order chi connectivity index (χ1) is 8.79. The van der Waals surface area contributed by atoms with Gasteiger partial charge in [0.05, 0.1) is 15.5 Å². The highest BCUT2D eigenvalue weighted by Crippen LogP contribution is 2.24. The Morgan fingerprint density at radius 2 is 2.00 bits per heavy atom. The van der Waals surface area contributed by atoms with Gasteiger partial charge in [-0.15, -0.1) is 0 Å². The van der Waals surface area contributed by atoms with Crippen LogP contribution in [0.1, 0.15) is 24.2 Å². The maximum Gasteiger partial charge on any atom is 0.252 e. The first-order valence-corrected chi connectivity index (χ1v) is 6.63. The number of rotatable bonds is 4. The fourth-order valence-corrected chi connectivity index (χ4v) is 1.98. The molecule has 1 aromatic carbocycles. The van der Waals surface area contributed by atoms with E-state index in [0.717, 1.165) is 0 Å². The highest BCUT2D eigenvalue weighted by atomic mass is 79.9. The molecular formula is C13H18BrN3O2. The van der Waals surface area contributed by atoms with Gasteiger partial charge in [-0.1, -0.05) is 6.07 Å². The van der Waals surface area contributed by atoms with Gasteiger partial charge in [-0.3, -0.25) is 9.59 Å². The topological polar surface area (TPSA) is 84.2 Å². The van der Waals surface area contributed by atoms with Crippen molar-refractivity contribution in [1.82, 2.24) is 10.6 Å². The third kappa shape index (κ3) is 3.70. The second-order valence-electron chi connectivity index (χ2n) is 4.85. The van der Waals surface area contributed by atoms with Crippen molar-refractivity contribution in [3.05, 3.63) is 28.2 Å². The van der Waals surface area contributed by atoms with Crippen LogP contribution in [0.15, 0.2) is 22.7 Å². The van der Waals surface area contributed by atoms with Gasteiger partial charge in [-0.25, -0.2) is 0 Å². The Kier molecular flexibility index (Phi) is 4.94. The monoisotopic (exact) mass is 327 g/mol. The third-order valence-electron chi connectivity index (χ3n) is 2.81. The first-order valence-electron chi connectivity index (χ1n) is 5.84. The third-order valence-corrected chi connectivity index (χ3v) is 3.69. The van der Waals surface area contributed by atoms with E-state index >= 15 is 0 Å². The van der Waals surface area contributed by atoms with Crippen LogP contribution in [0.5, 0.6) is 0 Å². The zero-order chi connectivity index (χ0) is 14.6. The lowest BCUT2D eigenvalue weighted by molar-refractivity contribution is -0.128. The van der Waals surface area contributed by atoms with Crippen molar-refractivity contribution in [2.45, 2.75) is 13.8 Å². The minimum Gasteiger partial charge on any atom is -0.398 e. The summed E-state index contributed by atoms with van der Waals surface area (Å²) in [6, 6.07) is 5.08. The number of hydrogen-bond donors (Lipinski definition) is 3. The largest absolute Gasteiger partial charge is 0.398 e. The summed E-state index contributed by atoms with van der Waals surface area (Å²) in [5.41, 5.74) is 6.00. The standard InChI is InChI=1S/C13H18BrN3O2/c1-13(2,12(19)16-3)7-17-11(18)8-5-4-6-9(15)10(8)14/h4-6H,7,15H2,1-3H3,(H,16,19)(H,17,18). The summed E-state index contributed by atoms with van der Waals surface area (Å²) in [5, 5.41) is 5.31. The molecule has 104 valence electrons. The molecule has 0 aliphatic rings. The number of halogens is 1. The summed E-state index contributed by atoms with van der Waals surface area (Å²) >= 11 is 3.28. The highest BCUT2D eigenvalue weighted by Gasteiger charge is 2.27. The number of nitrogens with one attached hydrogen (secondary N) is 2. The fraction of sp³-hybridized carbons (Fsp3) is 0.385. The molecule has 6 heteroatoms. The number of nitrogen functional groups attached to an aromatic ring is 1. The Hall–Kier alpha value is -1.56. The van der Waals surface area contributed by atoms with Crippen molar-refractivity contribution >= 4 is 33.4 Å². The lowest BCUT2D eigenvalue weighted by Gasteiger charge is -2.23. The van der Waals surface area contributed by atoms with E-state index in [0.29, 0.717) is 15.7 Å². The number of nitrogens with two attached hydrogens (primary N) is 1. The highest BCUT2D eigenvalue weighted by molar-refractivity contribution is 9.10. The molecular weight excluding hydrogens is 310 g/mol. The number of benzene rings is 1. The normalized spacial score (nSPS) is 10.9. The lowest BCUT2D eigenvalue weighted by Crippen LogP contribution is -2.43. The molecule has 1 rings (SSSR count). The van der Waals surface area contributed by atoms with E-state index in [9.17, 15) is 9.59 Å². The number of anilines is 1. The number of carbonyl (C=O) groups excluding carboxylic acids is 2. The molecule has 0 aromatic heterocycles. The van der Waals surface area contributed by atoms with Gasteiger partial charge in [0.25, 0.3) is 5.91 Å². The quantitative estimate of drug-likeness (QED) is 0.733. The van der Waals surface area contributed by atoms with Gasteiger partial charge >= 0.3 is 0 Å². The Labute approximate surface area is 121 Å². The van der Waals surface area contributed by atoms with Crippen LogP contribution in [-0.2, 0) is 4.79 Å². The first kappa shape index (κ1) is 15.5. The van der Waals surface area contributed by atoms with Crippen LogP contribution in [0.25, 0.3) is 0 Å². The second-order valence-corrected chi connectivity index (χ2v) is 5.65. The summed E-state index contributed by atoms with van der Waals surface area (Å²) in [7, 11) is 1.57. The van der Waals surface area contributed by atoms with Crippen molar-refractivity contribution in [3.63, 3.8) is 0 Å². The predicted octanol–water partition coefficient (Wildman–Crippen LogP) is 1.53. The van der Waals surface area contributed by atoms with E-state index in [1.54, 1.807) is 39.1 Å². The smallest absolute Gasteiger partial charge is 0.252 e. The van der Waals surface area contributed by atoms with Crippen molar-refractivity contribution in [2.24, 2.45) is 5.41 Å². The molecule has 0 saturated carbocycles. The molecule has 2 amide bonds. The van der Waals surface area contributed by atoms with Gasteiger partial charge in [0, 0.05) is 19.3 Å². The molecule has 0 atom stereocenters. The van der Waals surface area contributed by atoms with Crippen LogP contribution in [0, 0.1) is 5.41 Å². The number of amides is 2. The van der Waals surface area contributed by atoms with E-state index in [-0.39, 0.29) is 18.4 Å². The van der Waals surface area contributed by atoms with Gasteiger partial charge in [0.2, 0.25) is 5.91 Å². The van der Waals surface area contributed by atoms with Crippen LogP contribution in [0.4, 0.5) is 5.69 Å². The molecule has 0 saturated heterocycles. The predicted molar refractivity (Wildman–Crippen MR) is 78.7 cm³/mol. The molecule has 0 radical (unpaired) electrons. The minimum atomic E-state index is -0.669. The zero-order valence-corrected chi connectivity index (χ0v) is 12.8. The minimum absolute atomic E-state index is 0.126. The fourth-order valence-electron chi connectivity index (χ4n) is 1.54. The summed E-state index contributed by atoms with van der Waals surface area (Å²) in [6.07, 6.45) is 0. The van der Waals surface area contributed by atoms with Crippen LogP contribution >= 0.6 is 15.9 Å². The van der Waals surface area contributed by atoms with Crippen molar-refractivity contribution in [1.29, 1.82) is 0 Å². The van der Waals surface area contributed by atoms with Gasteiger partial charge in [-0.05, 0) is 41.9 Å². The Morgan fingerprint density at radius 1 is 1.37 bits per heavy atom. The van der Waals surface area contributed by atoms with E-state index < -0.39 is 5.41 Å². The molecule has 0 aliphatic carbocycles. The number of carbonyl (C=O) groups is 2. The van der Waals surface area contributed by atoms with E-state index in [1.165, 1.54) is 0 Å². The van der Waals surface area contributed by atoms with Gasteiger partial charge in [0.15, 0.2) is 0 Å². The SMILES string of the molecule is CNC(=O)C(C)(C)CNC(=O)c1cccc(N)c1Br. The maximum absolute atomic E-state index is 12.0. The van der Waals surface area contributed by atoms with Crippen LogP contribution in [0.3, 0.4) is 0 Å². The van der Waals surface area contributed by atoms with E-state index in [1.807, 2.05) is 0 Å². The van der Waals surface area contributed by atoms with Crippen molar-refractivity contribution < 1.29 is 9.59 Å². The molecule has 0 unspecified atom stereocenters. The molecule has 5 nitrogen and oxygen atoms in total. The molecule has 19 heavy (non-hydrogen) atoms. The summed E-state index contributed by atoms with van der Waals surface area (Å²) in [5.74, 6) is -0.393. The van der Waals surface area contributed by atoms with Crippen molar-refractivity contribution in [2.75, 3.05) is 19.3 Å². The van der Waals surface area contributed by atoms with Crippen LogP contribution in [0.2, 0.25) is 0 Å². The molecule has 0 spiro atoms. The van der Waals surface area contributed by atoms with Gasteiger partial charge < -0.3 is 16.4 Å². The molecule has 0 bridgehead atoms. The van der Waals surface area contributed by atoms with Crippen LogP contribution < -0.4 is 16.4 Å². The van der Waals surface area contributed by atoms with E-state index in [2.05, 4.69) is 26.6 Å². The summed E-state index contributed by atoms with van der Waals surface area (Å²) in [6.45, 7) is 3.77. The molecule has 0 aliphatic heterocycles. The summed E-state index contributed by atoms with van der Waals surface area (Å²) in [4.78, 5) is 23.7. The zero-order valence-electron chi connectivity index (χ0n) is 11.2. The maximum atomic E-state index is 12.0. The van der Waals surface area contributed by atoms with Crippen LogP contribution in [-0.4, -0.2) is 25.4 Å². The average molecular weight is 328 g/mol. The Morgan fingerprint density at radius 3 is 2.58 bits per heavy atom.